The number of rotatable bonds is 21. The SMILES string of the molecule is CCCCCCCCC(CCCCCCCC)CC(=O)NCCCCCO. The quantitative estimate of drug-likeness (QED) is 0.215. The zero-order valence-corrected chi connectivity index (χ0v) is 18.6. The molecular weight excluding hydrogens is 334 g/mol. The minimum atomic E-state index is 0.237. The van der Waals surface area contributed by atoms with Gasteiger partial charge in [-0.2, -0.15) is 0 Å². The smallest absolute Gasteiger partial charge is 0.220 e. The molecular formula is C24H49NO2. The van der Waals surface area contributed by atoms with Crippen molar-refractivity contribution < 1.29 is 9.90 Å². The van der Waals surface area contributed by atoms with Crippen molar-refractivity contribution >= 4 is 5.91 Å². The molecule has 3 nitrogen and oxygen atoms in total. The number of aliphatic hydroxyl groups is 1. The largest absolute Gasteiger partial charge is 0.396 e. The third-order valence-corrected chi connectivity index (χ3v) is 5.56. The Morgan fingerprint density at radius 1 is 0.704 bits per heavy atom. The first-order chi connectivity index (χ1) is 13.2. The van der Waals surface area contributed by atoms with E-state index in [2.05, 4.69) is 19.2 Å². The first kappa shape index (κ1) is 26.4. The van der Waals surface area contributed by atoms with Crippen molar-refractivity contribution in [2.75, 3.05) is 13.2 Å². The van der Waals surface area contributed by atoms with E-state index in [-0.39, 0.29) is 12.5 Å². The summed E-state index contributed by atoms with van der Waals surface area (Å²) in [4.78, 5) is 12.3. The number of hydrogen-bond acceptors (Lipinski definition) is 2. The first-order valence-corrected chi connectivity index (χ1v) is 12.1. The van der Waals surface area contributed by atoms with Crippen LogP contribution in [-0.2, 0) is 4.79 Å². The van der Waals surface area contributed by atoms with Crippen molar-refractivity contribution in [3.8, 4) is 0 Å². The number of aliphatic hydroxyl groups excluding tert-OH is 1. The zero-order chi connectivity index (χ0) is 20.0. The highest BCUT2D eigenvalue weighted by Gasteiger charge is 2.13. The Morgan fingerprint density at radius 2 is 1.19 bits per heavy atom. The van der Waals surface area contributed by atoms with Crippen LogP contribution in [0.4, 0.5) is 0 Å². The molecule has 0 aromatic rings. The average molecular weight is 384 g/mol. The summed E-state index contributed by atoms with van der Waals surface area (Å²) in [5, 5.41) is 11.9. The van der Waals surface area contributed by atoms with Gasteiger partial charge in [-0.05, 0) is 38.0 Å². The molecule has 0 radical (unpaired) electrons. The number of carbonyl (C=O) groups is 1. The summed E-state index contributed by atoms with van der Waals surface area (Å²) in [5.41, 5.74) is 0. The zero-order valence-electron chi connectivity index (χ0n) is 18.6. The lowest BCUT2D eigenvalue weighted by Crippen LogP contribution is -2.26. The Bertz CT molecular complexity index is 291. The van der Waals surface area contributed by atoms with Crippen LogP contribution in [0, 0.1) is 5.92 Å². The van der Waals surface area contributed by atoms with Gasteiger partial charge in [-0.3, -0.25) is 4.79 Å². The van der Waals surface area contributed by atoms with Crippen LogP contribution in [0.5, 0.6) is 0 Å². The minimum absolute atomic E-state index is 0.237. The summed E-state index contributed by atoms with van der Waals surface area (Å²) in [5.74, 6) is 0.806. The second kappa shape index (κ2) is 21.7. The monoisotopic (exact) mass is 383 g/mol. The van der Waals surface area contributed by atoms with Crippen molar-refractivity contribution in [3.05, 3.63) is 0 Å². The fraction of sp³-hybridized carbons (Fsp3) is 0.958. The van der Waals surface area contributed by atoms with Gasteiger partial charge in [-0.15, -0.1) is 0 Å². The van der Waals surface area contributed by atoms with Crippen LogP contribution >= 0.6 is 0 Å². The first-order valence-electron chi connectivity index (χ1n) is 12.1. The van der Waals surface area contributed by atoms with Gasteiger partial charge in [-0.1, -0.05) is 90.9 Å². The number of amides is 1. The molecule has 0 saturated carbocycles. The molecule has 2 N–H and O–H groups in total. The molecule has 162 valence electrons. The molecule has 0 spiro atoms. The van der Waals surface area contributed by atoms with Crippen LogP contribution in [0.15, 0.2) is 0 Å². The van der Waals surface area contributed by atoms with E-state index in [0.29, 0.717) is 12.3 Å². The van der Waals surface area contributed by atoms with E-state index in [1.54, 1.807) is 0 Å². The van der Waals surface area contributed by atoms with Gasteiger partial charge in [0.25, 0.3) is 0 Å². The van der Waals surface area contributed by atoms with E-state index in [9.17, 15) is 4.79 Å². The number of nitrogens with one attached hydrogen (secondary N) is 1. The summed E-state index contributed by atoms with van der Waals surface area (Å²) < 4.78 is 0. The minimum Gasteiger partial charge on any atom is -0.396 e. The molecule has 27 heavy (non-hydrogen) atoms. The number of hydrogen-bond donors (Lipinski definition) is 2. The van der Waals surface area contributed by atoms with Gasteiger partial charge >= 0.3 is 0 Å². The van der Waals surface area contributed by atoms with Crippen LogP contribution in [-0.4, -0.2) is 24.2 Å². The molecule has 0 aromatic heterocycles. The molecule has 0 saturated heterocycles. The third-order valence-electron chi connectivity index (χ3n) is 5.56. The lowest BCUT2D eigenvalue weighted by atomic mass is 9.91. The average Bonchev–Trinajstić information content (AvgIpc) is 2.66. The van der Waals surface area contributed by atoms with Crippen molar-refractivity contribution in [1.29, 1.82) is 0 Å². The van der Waals surface area contributed by atoms with Gasteiger partial charge in [0, 0.05) is 19.6 Å². The van der Waals surface area contributed by atoms with Crippen LogP contribution in [0.25, 0.3) is 0 Å². The molecule has 3 heteroatoms. The Kier molecular flexibility index (Phi) is 21.3. The molecule has 0 aliphatic carbocycles. The molecule has 0 heterocycles. The van der Waals surface area contributed by atoms with E-state index in [1.807, 2.05) is 0 Å². The molecule has 1 amide bonds. The van der Waals surface area contributed by atoms with Crippen LogP contribution in [0.3, 0.4) is 0 Å². The number of carbonyl (C=O) groups excluding carboxylic acids is 1. The Balaban J connectivity index is 4.00. The molecule has 0 aliphatic heterocycles. The standard InChI is InChI=1S/C24H49NO2/c1-3-5-7-9-11-14-18-23(19-15-12-10-8-6-4-2)22-24(27)25-20-16-13-17-21-26/h23,26H,3-22H2,1-2H3,(H,25,27). The summed E-state index contributed by atoms with van der Waals surface area (Å²) in [7, 11) is 0. The Labute approximate surface area is 170 Å². The molecule has 0 aromatic carbocycles. The van der Waals surface area contributed by atoms with Crippen molar-refractivity contribution in [1.82, 2.24) is 5.32 Å². The fourth-order valence-electron chi connectivity index (χ4n) is 3.75. The van der Waals surface area contributed by atoms with E-state index >= 15 is 0 Å². The maximum Gasteiger partial charge on any atom is 0.220 e. The number of unbranched alkanes of at least 4 members (excludes halogenated alkanes) is 12. The van der Waals surface area contributed by atoms with E-state index < -0.39 is 0 Å². The van der Waals surface area contributed by atoms with E-state index in [4.69, 9.17) is 5.11 Å². The Hall–Kier alpha value is -0.570. The van der Waals surface area contributed by atoms with E-state index in [1.165, 1.54) is 89.9 Å². The predicted molar refractivity (Wildman–Crippen MR) is 118 cm³/mol. The highest BCUT2D eigenvalue weighted by Crippen LogP contribution is 2.22. The van der Waals surface area contributed by atoms with Crippen LogP contribution in [0.2, 0.25) is 0 Å². The summed E-state index contributed by atoms with van der Waals surface area (Å²) in [6.45, 7) is 5.55. The van der Waals surface area contributed by atoms with Gasteiger partial charge in [0.2, 0.25) is 5.91 Å². The van der Waals surface area contributed by atoms with E-state index in [0.717, 1.165) is 25.8 Å². The van der Waals surface area contributed by atoms with Crippen LogP contribution in [0.1, 0.15) is 129 Å². The normalized spacial score (nSPS) is 11.3. The highest BCUT2D eigenvalue weighted by atomic mass is 16.2. The maximum atomic E-state index is 12.3. The summed E-state index contributed by atoms with van der Waals surface area (Å²) in [6, 6.07) is 0. The fourth-order valence-corrected chi connectivity index (χ4v) is 3.75. The molecule has 0 rings (SSSR count). The van der Waals surface area contributed by atoms with Crippen molar-refractivity contribution in [3.63, 3.8) is 0 Å². The highest BCUT2D eigenvalue weighted by molar-refractivity contribution is 5.76. The summed E-state index contributed by atoms with van der Waals surface area (Å²) in [6.07, 6.45) is 22.0. The third kappa shape index (κ3) is 20.0. The lowest BCUT2D eigenvalue weighted by Gasteiger charge is -2.17. The Morgan fingerprint density at radius 3 is 1.70 bits per heavy atom. The maximum absolute atomic E-state index is 12.3. The molecule has 0 bridgehead atoms. The second-order valence-corrected chi connectivity index (χ2v) is 8.32. The van der Waals surface area contributed by atoms with Gasteiger partial charge in [-0.25, -0.2) is 0 Å². The van der Waals surface area contributed by atoms with Gasteiger partial charge in [0.05, 0.1) is 0 Å². The molecule has 0 atom stereocenters. The summed E-state index contributed by atoms with van der Waals surface area (Å²) >= 11 is 0. The van der Waals surface area contributed by atoms with Gasteiger partial charge in [0.1, 0.15) is 0 Å². The van der Waals surface area contributed by atoms with Gasteiger partial charge in [0.15, 0.2) is 0 Å². The topological polar surface area (TPSA) is 49.3 Å². The van der Waals surface area contributed by atoms with Crippen LogP contribution < -0.4 is 5.32 Å². The van der Waals surface area contributed by atoms with Crippen molar-refractivity contribution in [2.24, 2.45) is 5.92 Å². The van der Waals surface area contributed by atoms with Crippen molar-refractivity contribution in [2.45, 2.75) is 129 Å². The lowest BCUT2D eigenvalue weighted by molar-refractivity contribution is -0.122. The second-order valence-electron chi connectivity index (χ2n) is 8.32. The molecule has 0 unspecified atom stereocenters. The molecule has 0 aliphatic rings. The van der Waals surface area contributed by atoms with Gasteiger partial charge < -0.3 is 10.4 Å². The molecule has 0 fully saturated rings. The predicted octanol–water partition coefficient (Wildman–Crippen LogP) is 6.77.